The predicted octanol–water partition coefficient (Wildman–Crippen LogP) is 1.09. The summed E-state index contributed by atoms with van der Waals surface area (Å²) in [6.07, 6.45) is 5.41. The molecule has 1 aromatic rings. The maximum Gasteiger partial charge on any atom is 0.0966 e. The molecular formula is C10H16N4. The van der Waals surface area contributed by atoms with Crippen LogP contribution in [0, 0.1) is 0 Å². The van der Waals surface area contributed by atoms with Crippen molar-refractivity contribution in [2.75, 3.05) is 6.54 Å². The van der Waals surface area contributed by atoms with Crippen LogP contribution in [0.2, 0.25) is 0 Å². The molecule has 76 valence electrons. The van der Waals surface area contributed by atoms with Crippen LogP contribution in [0.25, 0.3) is 0 Å². The van der Waals surface area contributed by atoms with Crippen LogP contribution in [0.4, 0.5) is 0 Å². The molecule has 2 rings (SSSR count). The van der Waals surface area contributed by atoms with E-state index < -0.39 is 0 Å². The number of hydrogen-bond acceptors (Lipinski definition) is 3. The molecule has 14 heavy (non-hydrogen) atoms. The lowest BCUT2D eigenvalue weighted by Crippen LogP contribution is -2.26. The van der Waals surface area contributed by atoms with Crippen molar-refractivity contribution < 1.29 is 0 Å². The van der Waals surface area contributed by atoms with Gasteiger partial charge >= 0.3 is 0 Å². The van der Waals surface area contributed by atoms with Gasteiger partial charge in [-0.25, -0.2) is 0 Å². The maximum absolute atomic E-state index is 4.43. The summed E-state index contributed by atoms with van der Waals surface area (Å²) in [5, 5.41) is 7.47. The number of hydrogen-bond donors (Lipinski definition) is 1. The molecule has 0 atom stereocenters. The number of aliphatic imine (C=N–C) groups is 1. The first-order valence-corrected chi connectivity index (χ1v) is 5.10. The molecule has 0 saturated carbocycles. The van der Waals surface area contributed by atoms with E-state index in [1.54, 1.807) is 0 Å². The largest absolute Gasteiger partial charge is 0.368 e. The third-order valence-electron chi connectivity index (χ3n) is 2.52. The van der Waals surface area contributed by atoms with Gasteiger partial charge in [-0.1, -0.05) is 0 Å². The summed E-state index contributed by atoms with van der Waals surface area (Å²) in [5.41, 5.74) is 1.19. The fourth-order valence-corrected chi connectivity index (χ4v) is 1.61. The Kier molecular flexibility index (Phi) is 2.81. The average Bonchev–Trinajstić information content (AvgIpc) is 2.63. The number of amidine groups is 1. The summed E-state index contributed by atoms with van der Waals surface area (Å²) in [6.45, 7) is 1.81. The van der Waals surface area contributed by atoms with Gasteiger partial charge < -0.3 is 5.32 Å². The van der Waals surface area contributed by atoms with Crippen LogP contribution < -0.4 is 5.32 Å². The van der Waals surface area contributed by atoms with Crippen LogP contribution in [0.1, 0.15) is 25.0 Å². The molecule has 1 aliphatic rings. The van der Waals surface area contributed by atoms with Crippen molar-refractivity contribution in [2.45, 2.75) is 25.8 Å². The van der Waals surface area contributed by atoms with Crippen LogP contribution >= 0.6 is 0 Å². The highest BCUT2D eigenvalue weighted by Gasteiger charge is 2.05. The molecule has 0 fully saturated rings. The molecule has 0 bridgehead atoms. The van der Waals surface area contributed by atoms with Crippen molar-refractivity contribution in [3.8, 4) is 0 Å². The lowest BCUT2D eigenvalue weighted by atomic mass is 10.2. The Balaban J connectivity index is 1.88. The minimum atomic E-state index is 0.829. The predicted molar refractivity (Wildman–Crippen MR) is 56.2 cm³/mol. The third kappa shape index (κ3) is 2.13. The molecule has 0 radical (unpaired) electrons. The average molecular weight is 192 g/mol. The number of rotatable bonds is 2. The highest BCUT2D eigenvalue weighted by Crippen LogP contribution is 2.04. The van der Waals surface area contributed by atoms with Gasteiger partial charge in [0.05, 0.1) is 18.1 Å². The SMILES string of the molecule is Cn1nccc1CNC1=NCCCC1. The topological polar surface area (TPSA) is 42.2 Å². The van der Waals surface area contributed by atoms with Crippen LogP contribution in [0.3, 0.4) is 0 Å². The Bertz CT molecular complexity index is 327. The number of aromatic nitrogens is 2. The minimum absolute atomic E-state index is 0.829. The second-order valence-electron chi connectivity index (χ2n) is 3.59. The quantitative estimate of drug-likeness (QED) is 0.762. The van der Waals surface area contributed by atoms with Gasteiger partial charge in [-0.2, -0.15) is 5.10 Å². The zero-order valence-electron chi connectivity index (χ0n) is 8.53. The van der Waals surface area contributed by atoms with E-state index in [-0.39, 0.29) is 0 Å². The van der Waals surface area contributed by atoms with E-state index in [0.717, 1.165) is 25.3 Å². The summed E-state index contributed by atoms with van der Waals surface area (Å²) < 4.78 is 1.89. The van der Waals surface area contributed by atoms with E-state index in [1.807, 2.05) is 24.0 Å². The Morgan fingerprint density at radius 1 is 1.50 bits per heavy atom. The van der Waals surface area contributed by atoms with E-state index in [4.69, 9.17) is 0 Å². The van der Waals surface area contributed by atoms with E-state index in [0.29, 0.717) is 0 Å². The van der Waals surface area contributed by atoms with Gasteiger partial charge in [0.25, 0.3) is 0 Å². The van der Waals surface area contributed by atoms with Gasteiger partial charge in [-0.15, -0.1) is 0 Å². The van der Waals surface area contributed by atoms with Crippen molar-refractivity contribution in [3.63, 3.8) is 0 Å². The highest BCUT2D eigenvalue weighted by atomic mass is 15.3. The number of nitrogens with zero attached hydrogens (tertiary/aromatic N) is 3. The van der Waals surface area contributed by atoms with Gasteiger partial charge in [-0.3, -0.25) is 9.67 Å². The van der Waals surface area contributed by atoms with Gasteiger partial charge in [0, 0.05) is 26.2 Å². The van der Waals surface area contributed by atoms with Crippen molar-refractivity contribution >= 4 is 5.84 Å². The lowest BCUT2D eigenvalue weighted by Gasteiger charge is -2.13. The molecule has 4 heteroatoms. The van der Waals surface area contributed by atoms with Gasteiger partial charge in [-0.05, 0) is 18.9 Å². The molecule has 4 nitrogen and oxygen atoms in total. The monoisotopic (exact) mass is 192 g/mol. The Labute approximate surface area is 84.0 Å². The molecule has 1 N–H and O–H groups in total. The second-order valence-corrected chi connectivity index (χ2v) is 3.59. The molecule has 0 aliphatic carbocycles. The van der Waals surface area contributed by atoms with Gasteiger partial charge in [0.1, 0.15) is 0 Å². The van der Waals surface area contributed by atoms with Crippen molar-refractivity contribution in [3.05, 3.63) is 18.0 Å². The molecule has 0 saturated heterocycles. The first-order valence-electron chi connectivity index (χ1n) is 5.10. The summed E-state index contributed by atoms with van der Waals surface area (Å²) in [5.74, 6) is 1.15. The molecule has 2 heterocycles. The summed E-state index contributed by atoms with van der Waals surface area (Å²) in [4.78, 5) is 4.43. The zero-order valence-corrected chi connectivity index (χ0v) is 8.53. The van der Waals surface area contributed by atoms with Gasteiger partial charge in [0.2, 0.25) is 0 Å². The van der Waals surface area contributed by atoms with Gasteiger partial charge in [0.15, 0.2) is 0 Å². The Hall–Kier alpha value is -1.32. The summed E-state index contributed by atoms with van der Waals surface area (Å²) in [7, 11) is 1.96. The van der Waals surface area contributed by atoms with Crippen LogP contribution in [0.5, 0.6) is 0 Å². The third-order valence-corrected chi connectivity index (χ3v) is 2.52. The van der Waals surface area contributed by atoms with E-state index >= 15 is 0 Å². The number of aryl methyl sites for hydroxylation is 1. The molecule has 0 unspecified atom stereocenters. The maximum atomic E-state index is 4.43. The first-order chi connectivity index (χ1) is 6.86. The second kappa shape index (κ2) is 4.26. The van der Waals surface area contributed by atoms with Crippen LogP contribution in [0.15, 0.2) is 17.3 Å². The summed E-state index contributed by atoms with van der Waals surface area (Å²) >= 11 is 0. The fraction of sp³-hybridized carbons (Fsp3) is 0.600. The molecule has 0 amide bonds. The number of nitrogens with one attached hydrogen (secondary N) is 1. The van der Waals surface area contributed by atoms with Crippen molar-refractivity contribution in [1.29, 1.82) is 0 Å². The standard InChI is InChI=1S/C10H16N4/c1-14-9(5-7-13-14)8-12-10-4-2-3-6-11-10/h5,7H,2-4,6,8H2,1H3,(H,11,12). The highest BCUT2D eigenvalue weighted by molar-refractivity contribution is 5.82. The van der Waals surface area contributed by atoms with Crippen molar-refractivity contribution in [1.82, 2.24) is 15.1 Å². The van der Waals surface area contributed by atoms with Crippen molar-refractivity contribution in [2.24, 2.45) is 12.0 Å². The smallest absolute Gasteiger partial charge is 0.0966 e. The molecular weight excluding hydrogens is 176 g/mol. The van der Waals surface area contributed by atoms with E-state index in [9.17, 15) is 0 Å². The lowest BCUT2D eigenvalue weighted by molar-refractivity contribution is 0.669. The van der Waals surface area contributed by atoms with Crippen LogP contribution in [-0.2, 0) is 13.6 Å². The summed E-state index contributed by atoms with van der Waals surface area (Å²) in [6, 6.07) is 2.02. The molecule has 0 aromatic carbocycles. The fourth-order valence-electron chi connectivity index (χ4n) is 1.61. The first kappa shape index (κ1) is 9.24. The van der Waals surface area contributed by atoms with E-state index in [2.05, 4.69) is 15.4 Å². The van der Waals surface area contributed by atoms with Crippen LogP contribution in [-0.4, -0.2) is 22.2 Å². The minimum Gasteiger partial charge on any atom is -0.368 e. The zero-order chi connectivity index (χ0) is 9.80. The molecule has 1 aromatic heterocycles. The molecule has 0 spiro atoms. The van der Waals surface area contributed by atoms with E-state index in [1.165, 1.54) is 18.5 Å². The normalized spacial score (nSPS) is 16.5. The Morgan fingerprint density at radius 3 is 3.07 bits per heavy atom. The molecule has 1 aliphatic heterocycles. The Morgan fingerprint density at radius 2 is 2.43 bits per heavy atom.